The number of para-hydroxylation sites is 1. The number of piperazine rings is 1. The summed E-state index contributed by atoms with van der Waals surface area (Å²) in [6.45, 7) is 3.86. The summed E-state index contributed by atoms with van der Waals surface area (Å²) < 4.78 is 29.5. The molecule has 1 aliphatic rings. The molecule has 1 atom stereocenters. The Morgan fingerprint density at radius 2 is 1.64 bits per heavy atom. The average molecular weight is 529 g/mol. The summed E-state index contributed by atoms with van der Waals surface area (Å²) in [5.74, 6) is 0.00934. The van der Waals surface area contributed by atoms with Crippen molar-refractivity contribution in [2.24, 2.45) is 0 Å². The molecular formula is C27H24Cl2F2N4O. The molecule has 1 saturated heterocycles. The number of amides is 1. The number of carbonyl (C=O) groups excluding carboxylic acids is 1. The molecule has 0 bridgehead atoms. The van der Waals surface area contributed by atoms with Crippen LogP contribution < -0.4 is 4.90 Å². The van der Waals surface area contributed by atoms with E-state index in [4.69, 9.17) is 28.2 Å². The summed E-state index contributed by atoms with van der Waals surface area (Å²) in [5, 5.41) is 0.752. The fraction of sp³-hybridized carbons (Fsp3) is 0.259. The van der Waals surface area contributed by atoms with Gasteiger partial charge in [-0.3, -0.25) is 4.79 Å². The first-order valence-electron chi connectivity index (χ1n) is 11.7. The lowest BCUT2D eigenvalue weighted by Crippen LogP contribution is -2.50. The molecule has 1 fully saturated rings. The van der Waals surface area contributed by atoms with Gasteiger partial charge in [0, 0.05) is 32.6 Å². The molecule has 0 radical (unpaired) electrons. The summed E-state index contributed by atoms with van der Waals surface area (Å²) >= 11 is 12.6. The number of rotatable bonds is 5. The lowest BCUT2D eigenvalue weighted by atomic mass is 10.1. The monoisotopic (exact) mass is 528 g/mol. The largest absolute Gasteiger partial charge is 0.366 e. The number of nitrogens with zero attached hydrogens (tertiary/aromatic N) is 4. The van der Waals surface area contributed by atoms with Crippen molar-refractivity contribution in [2.75, 3.05) is 31.1 Å². The lowest BCUT2D eigenvalue weighted by molar-refractivity contribution is -0.134. The van der Waals surface area contributed by atoms with Gasteiger partial charge in [-0.1, -0.05) is 47.5 Å². The summed E-state index contributed by atoms with van der Waals surface area (Å²) in [4.78, 5) is 22.1. The Hall–Kier alpha value is -3.16. The fourth-order valence-corrected chi connectivity index (χ4v) is 5.05. The fourth-order valence-electron chi connectivity index (χ4n) is 4.73. The molecule has 0 aliphatic carbocycles. The van der Waals surface area contributed by atoms with Gasteiger partial charge in [-0.05, 0) is 48.9 Å². The van der Waals surface area contributed by atoms with Crippen LogP contribution in [0.4, 0.5) is 14.5 Å². The number of benzene rings is 3. The second-order valence-electron chi connectivity index (χ2n) is 8.90. The smallest absolute Gasteiger partial charge is 0.245 e. The van der Waals surface area contributed by atoms with Crippen molar-refractivity contribution < 1.29 is 13.6 Å². The van der Waals surface area contributed by atoms with Crippen LogP contribution in [0.25, 0.3) is 11.0 Å². The SMILES string of the molecule is CC(C(=O)N1CCN(c2ccccc2F)CC1)n1c(Cc2ccc(F)cc2)nc2cc(Cl)c(Cl)cc21. The van der Waals surface area contributed by atoms with Gasteiger partial charge in [0.15, 0.2) is 0 Å². The number of aromatic nitrogens is 2. The predicted molar refractivity (Wildman–Crippen MR) is 139 cm³/mol. The Kier molecular flexibility index (Phi) is 6.86. The molecule has 2 heterocycles. The zero-order valence-electron chi connectivity index (χ0n) is 19.6. The molecule has 1 aromatic heterocycles. The Morgan fingerprint density at radius 1 is 0.972 bits per heavy atom. The van der Waals surface area contributed by atoms with Gasteiger partial charge in [0.1, 0.15) is 23.5 Å². The topological polar surface area (TPSA) is 41.4 Å². The second-order valence-corrected chi connectivity index (χ2v) is 9.71. The van der Waals surface area contributed by atoms with Crippen LogP contribution in [0.5, 0.6) is 0 Å². The van der Waals surface area contributed by atoms with Gasteiger partial charge < -0.3 is 14.4 Å². The first-order valence-corrected chi connectivity index (χ1v) is 12.5. The highest BCUT2D eigenvalue weighted by atomic mass is 35.5. The molecule has 1 unspecified atom stereocenters. The molecule has 5 rings (SSSR count). The van der Waals surface area contributed by atoms with Crippen molar-refractivity contribution in [1.82, 2.24) is 14.5 Å². The highest BCUT2D eigenvalue weighted by molar-refractivity contribution is 6.42. The highest BCUT2D eigenvalue weighted by Gasteiger charge is 2.29. The lowest BCUT2D eigenvalue weighted by Gasteiger charge is -2.37. The van der Waals surface area contributed by atoms with Crippen molar-refractivity contribution in [3.63, 3.8) is 0 Å². The van der Waals surface area contributed by atoms with Crippen LogP contribution >= 0.6 is 23.2 Å². The number of hydrogen-bond acceptors (Lipinski definition) is 3. The van der Waals surface area contributed by atoms with E-state index in [0.29, 0.717) is 65.2 Å². The molecular weight excluding hydrogens is 505 g/mol. The normalized spacial score (nSPS) is 14.9. The molecule has 0 saturated carbocycles. The van der Waals surface area contributed by atoms with Crippen molar-refractivity contribution in [2.45, 2.75) is 19.4 Å². The zero-order chi connectivity index (χ0) is 25.4. The van der Waals surface area contributed by atoms with E-state index in [1.165, 1.54) is 18.2 Å². The van der Waals surface area contributed by atoms with Crippen molar-refractivity contribution in [3.8, 4) is 0 Å². The number of anilines is 1. The van der Waals surface area contributed by atoms with Crippen LogP contribution in [0.3, 0.4) is 0 Å². The Bertz CT molecular complexity index is 1420. The van der Waals surface area contributed by atoms with Gasteiger partial charge in [-0.25, -0.2) is 13.8 Å². The minimum absolute atomic E-state index is 0.0612. The molecule has 5 nitrogen and oxygen atoms in total. The quantitative estimate of drug-likeness (QED) is 0.313. The van der Waals surface area contributed by atoms with Crippen molar-refractivity contribution in [1.29, 1.82) is 0 Å². The van der Waals surface area contributed by atoms with Crippen LogP contribution in [-0.4, -0.2) is 46.5 Å². The van der Waals surface area contributed by atoms with E-state index in [-0.39, 0.29) is 17.5 Å². The minimum Gasteiger partial charge on any atom is -0.366 e. The number of halogens is 4. The molecule has 9 heteroatoms. The molecule has 1 aliphatic heterocycles. The number of hydrogen-bond donors (Lipinski definition) is 0. The standard InChI is InChI=1S/C27H24Cl2F2N4O/c1-17(27(36)34-12-10-33(11-13-34)24-5-3-2-4-22(24)31)35-25-16-21(29)20(28)15-23(25)32-26(35)14-18-6-8-19(30)9-7-18/h2-9,15-17H,10-14H2,1H3. The third kappa shape index (κ3) is 4.77. The Morgan fingerprint density at radius 3 is 2.33 bits per heavy atom. The molecule has 1 amide bonds. The maximum Gasteiger partial charge on any atom is 0.245 e. The van der Waals surface area contributed by atoms with Gasteiger partial charge in [-0.2, -0.15) is 0 Å². The van der Waals surface area contributed by atoms with Crippen LogP contribution in [-0.2, 0) is 11.2 Å². The Labute approximate surface area is 217 Å². The molecule has 0 N–H and O–H groups in total. The second kappa shape index (κ2) is 10.1. The third-order valence-corrected chi connectivity index (χ3v) is 7.33. The van der Waals surface area contributed by atoms with Crippen LogP contribution in [0, 0.1) is 11.6 Å². The molecule has 4 aromatic rings. The van der Waals surface area contributed by atoms with Crippen LogP contribution in [0.2, 0.25) is 10.0 Å². The third-order valence-electron chi connectivity index (χ3n) is 6.61. The molecule has 36 heavy (non-hydrogen) atoms. The number of imidazole rings is 1. The Balaban J connectivity index is 1.42. The van der Waals surface area contributed by atoms with E-state index in [1.807, 2.05) is 22.5 Å². The first kappa shape index (κ1) is 24.5. The molecule has 3 aromatic carbocycles. The van der Waals surface area contributed by atoms with Crippen molar-refractivity contribution in [3.05, 3.63) is 93.7 Å². The average Bonchev–Trinajstić information content (AvgIpc) is 3.21. The maximum atomic E-state index is 14.2. The zero-order valence-corrected chi connectivity index (χ0v) is 21.1. The minimum atomic E-state index is -0.567. The van der Waals surface area contributed by atoms with E-state index in [2.05, 4.69) is 0 Å². The van der Waals surface area contributed by atoms with E-state index in [1.54, 1.807) is 41.3 Å². The summed E-state index contributed by atoms with van der Waals surface area (Å²) in [6.07, 6.45) is 0.406. The van der Waals surface area contributed by atoms with Gasteiger partial charge in [0.2, 0.25) is 5.91 Å². The van der Waals surface area contributed by atoms with Crippen LogP contribution in [0.1, 0.15) is 24.4 Å². The van der Waals surface area contributed by atoms with Gasteiger partial charge in [0.25, 0.3) is 0 Å². The van der Waals surface area contributed by atoms with Gasteiger partial charge in [-0.15, -0.1) is 0 Å². The van der Waals surface area contributed by atoms with Crippen LogP contribution in [0.15, 0.2) is 60.7 Å². The summed E-state index contributed by atoms with van der Waals surface area (Å²) in [6, 6.07) is 15.7. The summed E-state index contributed by atoms with van der Waals surface area (Å²) in [5.41, 5.74) is 2.74. The van der Waals surface area contributed by atoms with Crippen molar-refractivity contribution >= 4 is 45.8 Å². The van der Waals surface area contributed by atoms with E-state index in [0.717, 1.165) is 5.56 Å². The summed E-state index contributed by atoms with van der Waals surface area (Å²) in [7, 11) is 0. The maximum absolute atomic E-state index is 14.2. The number of carbonyl (C=O) groups is 1. The predicted octanol–water partition coefficient (Wildman–Crippen LogP) is 6.12. The highest BCUT2D eigenvalue weighted by Crippen LogP contribution is 2.32. The molecule has 186 valence electrons. The van der Waals surface area contributed by atoms with Gasteiger partial charge >= 0.3 is 0 Å². The van der Waals surface area contributed by atoms with E-state index < -0.39 is 6.04 Å². The first-order chi connectivity index (χ1) is 17.3. The van der Waals surface area contributed by atoms with E-state index >= 15 is 0 Å². The number of fused-ring (bicyclic) bond motifs is 1. The van der Waals surface area contributed by atoms with Gasteiger partial charge in [0.05, 0.1) is 26.8 Å². The van der Waals surface area contributed by atoms with E-state index in [9.17, 15) is 13.6 Å². The molecule has 0 spiro atoms.